The first-order valence-corrected chi connectivity index (χ1v) is 8.49. The van der Waals surface area contributed by atoms with Gasteiger partial charge in [0, 0.05) is 18.8 Å². The van der Waals surface area contributed by atoms with Crippen LogP contribution in [0.2, 0.25) is 0 Å². The molecule has 7 nitrogen and oxygen atoms in total. The lowest BCUT2D eigenvalue weighted by Crippen LogP contribution is -2.27. The Morgan fingerprint density at radius 1 is 1.24 bits per heavy atom. The Bertz CT molecular complexity index is 759. The topological polar surface area (TPSA) is 78.0 Å². The number of carbonyl (C=O) groups excluding carboxylic acids is 2. The highest BCUT2D eigenvalue weighted by molar-refractivity contribution is 7.14. The average Bonchev–Trinajstić information content (AvgIpc) is 3.07. The van der Waals surface area contributed by atoms with Gasteiger partial charge in [-0.25, -0.2) is 9.78 Å². The molecule has 0 saturated heterocycles. The minimum Gasteiger partial charge on any atom is -0.493 e. The van der Waals surface area contributed by atoms with E-state index in [1.807, 2.05) is 12.3 Å². The molecule has 2 rings (SSSR count). The smallest absolute Gasteiger partial charge is 0.337 e. The fourth-order valence-corrected chi connectivity index (χ4v) is 3.08. The van der Waals surface area contributed by atoms with Crippen LogP contribution in [0.15, 0.2) is 23.6 Å². The normalized spacial score (nSPS) is 10.2. The summed E-state index contributed by atoms with van der Waals surface area (Å²) in [5, 5.41) is 2.48. The maximum atomic E-state index is 11.6. The highest BCUT2D eigenvalue weighted by Gasteiger charge is 2.15. The van der Waals surface area contributed by atoms with E-state index in [1.165, 1.54) is 32.5 Å². The van der Waals surface area contributed by atoms with Crippen LogP contribution in [0.25, 0.3) is 0 Å². The van der Waals surface area contributed by atoms with E-state index in [9.17, 15) is 9.59 Å². The molecule has 0 aliphatic carbocycles. The Morgan fingerprint density at radius 3 is 2.60 bits per heavy atom. The number of hydrogen-bond acceptors (Lipinski definition) is 7. The van der Waals surface area contributed by atoms with Crippen molar-refractivity contribution >= 4 is 28.3 Å². The second kappa shape index (κ2) is 8.48. The minimum atomic E-state index is -0.446. The average molecular weight is 364 g/mol. The molecule has 134 valence electrons. The molecule has 1 aromatic heterocycles. The van der Waals surface area contributed by atoms with Crippen LogP contribution in [-0.2, 0) is 16.1 Å². The number of ether oxygens (including phenoxy) is 3. The molecule has 0 saturated carbocycles. The summed E-state index contributed by atoms with van der Waals surface area (Å²) in [4.78, 5) is 29.1. The van der Waals surface area contributed by atoms with E-state index in [0.29, 0.717) is 34.4 Å². The van der Waals surface area contributed by atoms with Gasteiger partial charge in [-0.15, -0.1) is 11.3 Å². The van der Waals surface area contributed by atoms with Gasteiger partial charge in [0.2, 0.25) is 5.91 Å². The van der Waals surface area contributed by atoms with Gasteiger partial charge < -0.3 is 14.2 Å². The van der Waals surface area contributed by atoms with Crippen molar-refractivity contribution < 1.29 is 23.8 Å². The summed E-state index contributed by atoms with van der Waals surface area (Å²) in [7, 11) is 2.82. The van der Waals surface area contributed by atoms with E-state index < -0.39 is 5.97 Å². The Labute approximate surface area is 150 Å². The number of esters is 1. The van der Waals surface area contributed by atoms with Gasteiger partial charge in [0.25, 0.3) is 0 Å². The SMILES string of the molecule is CCN(C(C)=O)c1nc(COc2ccc(C(=O)OC)cc2OC)cs1. The third-order valence-electron chi connectivity index (χ3n) is 3.43. The van der Waals surface area contributed by atoms with E-state index in [-0.39, 0.29) is 12.5 Å². The summed E-state index contributed by atoms with van der Waals surface area (Å²) < 4.78 is 15.7. The Kier molecular flexibility index (Phi) is 6.35. The van der Waals surface area contributed by atoms with Crippen LogP contribution in [0.4, 0.5) is 5.13 Å². The van der Waals surface area contributed by atoms with E-state index in [0.717, 1.165) is 0 Å². The molecule has 1 amide bonds. The van der Waals surface area contributed by atoms with Gasteiger partial charge in [-0.3, -0.25) is 9.69 Å². The van der Waals surface area contributed by atoms with Crippen molar-refractivity contribution in [1.29, 1.82) is 0 Å². The van der Waals surface area contributed by atoms with Crippen LogP contribution in [0.3, 0.4) is 0 Å². The lowest BCUT2D eigenvalue weighted by atomic mass is 10.2. The zero-order valence-corrected chi connectivity index (χ0v) is 15.4. The molecule has 0 aliphatic rings. The number of carbonyl (C=O) groups is 2. The van der Waals surface area contributed by atoms with Gasteiger partial charge in [0.1, 0.15) is 6.61 Å². The first kappa shape index (κ1) is 18.7. The second-order valence-corrected chi connectivity index (χ2v) is 5.87. The zero-order valence-electron chi connectivity index (χ0n) is 14.6. The summed E-state index contributed by atoms with van der Waals surface area (Å²) in [6.07, 6.45) is 0. The molecular weight excluding hydrogens is 344 g/mol. The lowest BCUT2D eigenvalue weighted by Gasteiger charge is -2.14. The molecule has 2 aromatic rings. The predicted molar refractivity (Wildman–Crippen MR) is 94.5 cm³/mol. The molecule has 25 heavy (non-hydrogen) atoms. The van der Waals surface area contributed by atoms with Gasteiger partial charge >= 0.3 is 5.97 Å². The van der Waals surface area contributed by atoms with Gasteiger partial charge in [-0.05, 0) is 25.1 Å². The molecule has 0 N–H and O–H groups in total. The Hall–Kier alpha value is -2.61. The van der Waals surface area contributed by atoms with Crippen LogP contribution in [0.1, 0.15) is 29.9 Å². The maximum Gasteiger partial charge on any atom is 0.337 e. The number of rotatable bonds is 7. The fourth-order valence-electron chi connectivity index (χ4n) is 2.16. The number of nitrogens with zero attached hydrogens (tertiary/aromatic N) is 2. The van der Waals surface area contributed by atoms with E-state index >= 15 is 0 Å². The number of benzene rings is 1. The predicted octanol–water partition coefficient (Wildman–Crippen LogP) is 2.89. The number of amides is 1. The van der Waals surface area contributed by atoms with Crippen molar-refractivity contribution in [1.82, 2.24) is 4.98 Å². The zero-order chi connectivity index (χ0) is 18.4. The third-order valence-corrected chi connectivity index (χ3v) is 4.34. The van der Waals surface area contributed by atoms with Crippen molar-refractivity contribution in [3.63, 3.8) is 0 Å². The monoisotopic (exact) mass is 364 g/mol. The van der Waals surface area contributed by atoms with Crippen LogP contribution >= 0.6 is 11.3 Å². The van der Waals surface area contributed by atoms with Gasteiger partial charge in [-0.2, -0.15) is 0 Å². The van der Waals surface area contributed by atoms with Crippen LogP contribution in [0.5, 0.6) is 11.5 Å². The molecule has 1 aromatic carbocycles. The molecular formula is C17H20N2O5S. The Morgan fingerprint density at radius 2 is 2.00 bits per heavy atom. The number of methoxy groups -OCH3 is 2. The lowest BCUT2D eigenvalue weighted by molar-refractivity contribution is -0.116. The molecule has 1 heterocycles. The summed E-state index contributed by atoms with van der Waals surface area (Å²) in [5.41, 5.74) is 1.08. The third kappa shape index (κ3) is 4.48. The molecule has 0 atom stereocenters. The standard InChI is InChI=1S/C17H20N2O5S/c1-5-19(11(2)20)17-18-13(10-25-17)9-24-14-7-6-12(16(21)23-4)8-15(14)22-3/h6-8,10H,5,9H2,1-4H3. The van der Waals surface area contributed by atoms with Gasteiger partial charge in [-0.1, -0.05) is 0 Å². The first-order valence-electron chi connectivity index (χ1n) is 7.61. The number of anilines is 1. The molecule has 0 radical (unpaired) electrons. The summed E-state index contributed by atoms with van der Waals surface area (Å²) in [6, 6.07) is 4.80. The largest absolute Gasteiger partial charge is 0.493 e. The van der Waals surface area contributed by atoms with Crippen molar-refractivity contribution in [3.8, 4) is 11.5 Å². The van der Waals surface area contributed by atoms with Crippen molar-refractivity contribution in [2.45, 2.75) is 20.5 Å². The number of aromatic nitrogens is 1. The molecule has 0 unspecified atom stereocenters. The minimum absolute atomic E-state index is 0.0515. The number of hydrogen-bond donors (Lipinski definition) is 0. The molecule has 0 fully saturated rings. The quantitative estimate of drug-likeness (QED) is 0.703. The van der Waals surface area contributed by atoms with Crippen molar-refractivity contribution in [2.75, 3.05) is 25.7 Å². The molecule has 0 spiro atoms. The Balaban J connectivity index is 2.10. The highest BCUT2D eigenvalue weighted by atomic mass is 32.1. The fraction of sp³-hybridized carbons (Fsp3) is 0.353. The first-order chi connectivity index (χ1) is 12.0. The summed E-state index contributed by atoms with van der Waals surface area (Å²) >= 11 is 1.39. The maximum absolute atomic E-state index is 11.6. The van der Waals surface area contributed by atoms with Crippen LogP contribution < -0.4 is 14.4 Å². The molecule has 0 bridgehead atoms. The highest BCUT2D eigenvalue weighted by Crippen LogP contribution is 2.29. The second-order valence-electron chi connectivity index (χ2n) is 5.03. The number of thiazole rings is 1. The summed E-state index contributed by atoms with van der Waals surface area (Å²) in [5.74, 6) is 0.420. The van der Waals surface area contributed by atoms with Crippen molar-refractivity contribution in [3.05, 3.63) is 34.8 Å². The molecule has 8 heteroatoms. The van der Waals surface area contributed by atoms with Crippen LogP contribution in [0, 0.1) is 0 Å². The van der Waals surface area contributed by atoms with Crippen molar-refractivity contribution in [2.24, 2.45) is 0 Å². The van der Waals surface area contributed by atoms with Gasteiger partial charge in [0.05, 0.1) is 25.5 Å². The van der Waals surface area contributed by atoms with Crippen LogP contribution in [-0.4, -0.2) is 37.6 Å². The van der Waals surface area contributed by atoms with E-state index in [4.69, 9.17) is 9.47 Å². The van der Waals surface area contributed by atoms with E-state index in [2.05, 4.69) is 9.72 Å². The molecule has 0 aliphatic heterocycles. The summed E-state index contributed by atoms with van der Waals surface area (Å²) in [6.45, 7) is 4.19. The van der Waals surface area contributed by atoms with Gasteiger partial charge in [0.15, 0.2) is 16.6 Å². The van der Waals surface area contributed by atoms with E-state index in [1.54, 1.807) is 23.1 Å².